The molecule has 1 aliphatic rings. The zero-order chi connectivity index (χ0) is 26.7. The van der Waals surface area contributed by atoms with Crippen molar-refractivity contribution in [1.29, 1.82) is 0 Å². The van der Waals surface area contributed by atoms with E-state index in [9.17, 15) is 14.4 Å². The molecule has 0 bridgehead atoms. The first kappa shape index (κ1) is 26.7. The van der Waals surface area contributed by atoms with E-state index in [1.54, 1.807) is 36.4 Å². The molecule has 0 atom stereocenters. The number of para-hydroxylation sites is 1. The van der Waals surface area contributed by atoms with Crippen molar-refractivity contribution in [3.05, 3.63) is 91.9 Å². The number of hydrogen-bond acceptors (Lipinski definition) is 5. The fourth-order valence-corrected chi connectivity index (χ4v) is 5.33. The predicted molar refractivity (Wildman–Crippen MR) is 155 cm³/mol. The molecule has 0 aliphatic carbocycles. The SMILES string of the molecule is Cc1cccc(NC(=O)COc2c(Br)cc(Br)cc2/C=C2/C(=O)NC(=S)N(c3ccccc3)C2=O)c1C. The molecule has 1 heterocycles. The van der Waals surface area contributed by atoms with Gasteiger partial charge in [0.25, 0.3) is 17.7 Å². The molecule has 1 aliphatic heterocycles. The Morgan fingerprint density at radius 3 is 2.54 bits per heavy atom. The highest BCUT2D eigenvalue weighted by atomic mass is 79.9. The third-order valence-electron chi connectivity index (χ3n) is 5.68. The van der Waals surface area contributed by atoms with Crippen LogP contribution in [0, 0.1) is 13.8 Å². The molecule has 0 unspecified atom stereocenters. The molecular formula is C27H21Br2N3O4S. The molecule has 37 heavy (non-hydrogen) atoms. The van der Waals surface area contributed by atoms with Crippen molar-refractivity contribution in [1.82, 2.24) is 5.32 Å². The molecule has 0 spiro atoms. The highest BCUT2D eigenvalue weighted by Gasteiger charge is 2.34. The van der Waals surface area contributed by atoms with Crippen molar-refractivity contribution < 1.29 is 19.1 Å². The number of thiocarbonyl (C=S) groups is 1. The van der Waals surface area contributed by atoms with Gasteiger partial charge < -0.3 is 10.1 Å². The largest absolute Gasteiger partial charge is 0.482 e. The Kier molecular flexibility index (Phi) is 8.21. The van der Waals surface area contributed by atoms with Gasteiger partial charge in [-0.25, -0.2) is 0 Å². The van der Waals surface area contributed by atoms with Crippen LogP contribution in [0.15, 0.2) is 75.2 Å². The van der Waals surface area contributed by atoms with Crippen LogP contribution in [-0.4, -0.2) is 29.4 Å². The summed E-state index contributed by atoms with van der Waals surface area (Å²) >= 11 is 12.1. The summed E-state index contributed by atoms with van der Waals surface area (Å²) in [4.78, 5) is 40.0. The quantitative estimate of drug-likeness (QED) is 0.205. The maximum Gasteiger partial charge on any atom is 0.270 e. The Bertz CT molecular complexity index is 1460. The molecule has 3 amide bonds. The van der Waals surface area contributed by atoms with Gasteiger partial charge in [-0.2, -0.15) is 0 Å². The number of nitrogens with one attached hydrogen (secondary N) is 2. The van der Waals surface area contributed by atoms with Crippen LogP contribution in [0.25, 0.3) is 6.08 Å². The summed E-state index contributed by atoms with van der Waals surface area (Å²) in [5.41, 5.74) is 3.54. The van der Waals surface area contributed by atoms with Gasteiger partial charge in [0.1, 0.15) is 11.3 Å². The number of nitrogens with zero attached hydrogens (tertiary/aromatic N) is 1. The molecule has 0 saturated carbocycles. The summed E-state index contributed by atoms with van der Waals surface area (Å²) in [6.45, 7) is 3.61. The second kappa shape index (κ2) is 11.4. The Morgan fingerprint density at radius 1 is 1.08 bits per heavy atom. The predicted octanol–water partition coefficient (Wildman–Crippen LogP) is 5.68. The maximum atomic E-state index is 13.3. The van der Waals surface area contributed by atoms with E-state index in [2.05, 4.69) is 42.5 Å². The lowest BCUT2D eigenvalue weighted by molar-refractivity contribution is -0.122. The van der Waals surface area contributed by atoms with E-state index < -0.39 is 11.8 Å². The lowest BCUT2D eigenvalue weighted by Gasteiger charge is -2.29. The molecular weight excluding hydrogens is 622 g/mol. The Balaban J connectivity index is 1.62. The molecule has 4 rings (SSSR count). The fraction of sp³-hybridized carbons (Fsp3) is 0.111. The highest BCUT2D eigenvalue weighted by molar-refractivity contribution is 9.11. The van der Waals surface area contributed by atoms with Gasteiger partial charge in [0.15, 0.2) is 11.7 Å². The van der Waals surface area contributed by atoms with E-state index in [1.165, 1.54) is 11.0 Å². The summed E-state index contributed by atoms with van der Waals surface area (Å²) in [6.07, 6.45) is 1.42. The Hall–Kier alpha value is -3.34. The Morgan fingerprint density at radius 2 is 1.81 bits per heavy atom. The highest BCUT2D eigenvalue weighted by Crippen LogP contribution is 2.35. The van der Waals surface area contributed by atoms with Crippen LogP contribution >= 0.6 is 44.1 Å². The smallest absolute Gasteiger partial charge is 0.270 e. The molecule has 0 radical (unpaired) electrons. The summed E-state index contributed by atoms with van der Waals surface area (Å²) in [5.74, 6) is -1.26. The number of carbonyl (C=O) groups excluding carboxylic acids is 3. The van der Waals surface area contributed by atoms with Gasteiger partial charge in [-0.15, -0.1) is 0 Å². The number of hydrogen-bond donors (Lipinski definition) is 2. The number of aryl methyl sites for hydroxylation is 1. The van der Waals surface area contributed by atoms with Gasteiger partial charge in [0.05, 0.1) is 10.2 Å². The van der Waals surface area contributed by atoms with Crippen molar-refractivity contribution >= 4 is 84.4 Å². The second-order valence-electron chi connectivity index (χ2n) is 8.18. The number of amides is 3. The van der Waals surface area contributed by atoms with Crippen LogP contribution in [0.5, 0.6) is 5.75 Å². The molecule has 188 valence electrons. The molecule has 7 nitrogen and oxygen atoms in total. The minimum atomic E-state index is -0.628. The van der Waals surface area contributed by atoms with Crippen LogP contribution in [0.2, 0.25) is 0 Å². The average molecular weight is 643 g/mol. The zero-order valence-corrected chi connectivity index (χ0v) is 23.8. The monoisotopic (exact) mass is 641 g/mol. The topological polar surface area (TPSA) is 87.7 Å². The first-order valence-electron chi connectivity index (χ1n) is 11.1. The first-order chi connectivity index (χ1) is 17.7. The summed E-state index contributed by atoms with van der Waals surface area (Å²) in [5, 5.41) is 5.41. The maximum absolute atomic E-state index is 13.3. The summed E-state index contributed by atoms with van der Waals surface area (Å²) in [7, 11) is 0. The van der Waals surface area contributed by atoms with E-state index in [0.717, 1.165) is 11.1 Å². The lowest BCUT2D eigenvalue weighted by Crippen LogP contribution is -2.54. The van der Waals surface area contributed by atoms with Crippen LogP contribution < -0.4 is 20.3 Å². The molecule has 1 fully saturated rings. The fourth-order valence-electron chi connectivity index (χ4n) is 3.67. The first-order valence-corrected chi connectivity index (χ1v) is 13.1. The van der Waals surface area contributed by atoms with Crippen molar-refractivity contribution in [2.45, 2.75) is 13.8 Å². The second-order valence-corrected chi connectivity index (χ2v) is 10.3. The molecule has 2 N–H and O–H groups in total. The van der Waals surface area contributed by atoms with E-state index in [-0.39, 0.29) is 23.2 Å². The number of anilines is 2. The van der Waals surface area contributed by atoms with E-state index >= 15 is 0 Å². The van der Waals surface area contributed by atoms with Crippen LogP contribution in [-0.2, 0) is 14.4 Å². The number of benzene rings is 3. The van der Waals surface area contributed by atoms with Crippen LogP contribution in [0.4, 0.5) is 11.4 Å². The van der Waals surface area contributed by atoms with Crippen molar-refractivity contribution in [3.63, 3.8) is 0 Å². The number of rotatable bonds is 6. The summed E-state index contributed by atoms with van der Waals surface area (Å²) < 4.78 is 7.08. The lowest BCUT2D eigenvalue weighted by atomic mass is 10.1. The van der Waals surface area contributed by atoms with Crippen LogP contribution in [0.3, 0.4) is 0 Å². The number of carbonyl (C=O) groups is 3. The molecule has 10 heteroatoms. The van der Waals surface area contributed by atoms with E-state index in [1.807, 2.05) is 38.1 Å². The molecule has 3 aromatic carbocycles. The third kappa shape index (κ3) is 5.98. The van der Waals surface area contributed by atoms with Gasteiger partial charge >= 0.3 is 0 Å². The van der Waals surface area contributed by atoms with Crippen molar-refractivity contribution in [2.75, 3.05) is 16.8 Å². The van der Waals surface area contributed by atoms with Crippen molar-refractivity contribution in [2.24, 2.45) is 0 Å². The van der Waals surface area contributed by atoms with Gasteiger partial charge in [-0.05, 0) is 89.5 Å². The van der Waals surface area contributed by atoms with E-state index in [0.29, 0.717) is 31.6 Å². The number of halogens is 2. The standard InChI is InChI=1S/C27H21Br2N3O4S/c1-15-7-6-10-22(16(15)2)30-23(33)14-36-24-17(11-18(28)13-21(24)29)12-20-25(34)31-27(37)32(26(20)35)19-8-4-3-5-9-19/h3-13H,14H2,1-2H3,(H,30,33)(H,31,34,37)/b20-12-. The van der Waals surface area contributed by atoms with Gasteiger partial charge in [-0.3, -0.25) is 24.6 Å². The minimum absolute atomic E-state index is 0.00615. The third-order valence-corrected chi connectivity index (χ3v) is 7.01. The van der Waals surface area contributed by atoms with Gasteiger partial charge in [0, 0.05) is 15.7 Å². The van der Waals surface area contributed by atoms with E-state index in [4.69, 9.17) is 17.0 Å². The normalized spacial score (nSPS) is 14.5. The van der Waals surface area contributed by atoms with Gasteiger partial charge in [0.2, 0.25) is 0 Å². The average Bonchev–Trinajstić information content (AvgIpc) is 2.84. The van der Waals surface area contributed by atoms with Crippen LogP contribution in [0.1, 0.15) is 16.7 Å². The Labute approximate surface area is 236 Å². The summed E-state index contributed by atoms with van der Waals surface area (Å²) in [6, 6.07) is 17.9. The minimum Gasteiger partial charge on any atom is -0.482 e. The van der Waals surface area contributed by atoms with Crippen molar-refractivity contribution in [3.8, 4) is 5.75 Å². The molecule has 3 aromatic rings. The molecule has 0 aromatic heterocycles. The van der Waals surface area contributed by atoms with Gasteiger partial charge in [-0.1, -0.05) is 46.3 Å². The molecule has 1 saturated heterocycles. The zero-order valence-electron chi connectivity index (χ0n) is 19.8. The number of ether oxygens (including phenoxy) is 1.